The van der Waals surface area contributed by atoms with Crippen molar-refractivity contribution in [3.8, 4) is 0 Å². The largest absolute Gasteiger partial charge is 0.319 e. The van der Waals surface area contributed by atoms with Crippen LogP contribution in [-0.4, -0.2) is 20.6 Å². The number of para-hydroxylation sites is 2. The number of benzene rings is 1. The third-order valence-corrected chi connectivity index (χ3v) is 4.02. The minimum atomic E-state index is -3.39. The van der Waals surface area contributed by atoms with Crippen LogP contribution in [0.25, 0.3) is 0 Å². The Hall–Kier alpha value is -1.86. The van der Waals surface area contributed by atoms with Crippen LogP contribution < -0.4 is 10.0 Å². The Balaban J connectivity index is 2.23. The summed E-state index contributed by atoms with van der Waals surface area (Å²) >= 11 is 1.38. The SMILES string of the molecule is Cc1ccc(C(=O)Nc2ccccc2NS(C)(=O)=O)s1. The number of anilines is 2. The van der Waals surface area contributed by atoms with Crippen molar-refractivity contribution in [3.63, 3.8) is 0 Å². The van der Waals surface area contributed by atoms with Gasteiger partial charge in [-0.25, -0.2) is 8.42 Å². The molecule has 1 amide bonds. The fourth-order valence-electron chi connectivity index (χ4n) is 1.62. The molecule has 0 aliphatic carbocycles. The van der Waals surface area contributed by atoms with Gasteiger partial charge in [0.25, 0.3) is 5.91 Å². The van der Waals surface area contributed by atoms with Crippen molar-refractivity contribution in [1.82, 2.24) is 0 Å². The van der Waals surface area contributed by atoms with E-state index in [1.54, 1.807) is 30.3 Å². The van der Waals surface area contributed by atoms with Gasteiger partial charge in [0, 0.05) is 4.88 Å². The molecule has 1 aromatic carbocycles. The maximum atomic E-state index is 12.1. The Morgan fingerprint density at radius 3 is 2.30 bits per heavy atom. The zero-order valence-corrected chi connectivity index (χ0v) is 12.6. The first-order chi connectivity index (χ1) is 9.35. The summed E-state index contributed by atoms with van der Waals surface area (Å²) in [7, 11) is -3.39. The summed E-state index contributed by atoms with van der Waals surface area (Å²) in [5.74, 6) is -0.258. The Kier molecular flexibility index (Phi) is 4.10. The van der Waals surface area contributed by atoms with Crippen LogP contribution in [0.2, 0.25) is 0 Å². The van der Waals surface area contributed by atoms with Crippen molar-refractivity contribution in [3.05, 3.63) is 46.2 Å². The van der Waals surface area contributed by atoms with Crippen LogP contribution >= 0.6 is 11.3 Å². The van der Waals surface area contributed by atoms with Gasteiger partial charge in [-0.2, -0.15) is 0 Å². The van der Waals surface area contributed by atoms with E-state index in [-0.39, 0.29) is 5.91 Å². The number of amides is 1. The zero-order chi connectivity index (χ0) is 14.8. The van der Waals surface area contributed by atoms with Crippen LogP contribution in [0, 0.1) is 6.92 Å². The highest BCUT2D eigenvalue weighted by Crippen LogP contribution is 2.24. The maximum Gasteiger partial charge on any atom is 0.265 e. The summed E-state index contributed by atoms with van der Waals surface area (Å²) in [6.07, 6.45) is 1.06. The van der Waals surface area contributed by atoms with Crippen molar-refractivity contribution in [1.29, 1.82) is 0 Å². The van der Waals surface area contributed by atoms with E-state index < -0.39 is 10.0 Å². The fourth-order valence-corrected chi connectivity index (χ4v) is 2.96. The monoisotopic (exact) mass is 310 g/mol. The van der Waals surface area contributed by atoms with Crippen LogP contribution in [0.5, 0.6) is 0 Å². The number of carbonyl (C=O) groups excluding carboxylic acids is 1. The molecule has 2 N–H and O–H groups in total. The van der Waals surface area contributed by atoms with Crippen molar-refractivity contribution >= 4 is 38.6 Å². The summed E-state index contributed by atoms with van der Waals surface area (Å²) in [6.45, 7) is 1.92. The van der Waals surface area contributed by atoms with E-state index in [1.165, 1.54) is 11.3 Å². The molecule has 1 aromatic heterocycles. The van der Waals surface area contributed by atoms with E-state index in [4.69, 9.17) is 0 Å². The lowest BCUT2D eigenvalue weighted by atomic mass is 10.2. The minimum Gasteiger partial charge on any atom is -0.319 e. The Morgan fingerprint density at radius 1 is 1.10 bits per heavy atom. The van der Waals surface area contributed by atoms with Gasteiger partial charge in [0.05, 0.1) is 22.5 Å². The predicted molar refractivity (Wildman–Crippen MR) is 81.9 cm³/mol. The molecule has 7 heteroatoms. The van der Waals surface area contributed by atoms with Gasteiger partial charge in [0.1, 0.15) is 0 Å². The topological polar surface area (TPSA) is 75.3 Å². The second-order valence-electron chi connectivity index (χ2n) is 4.28. The standard InChI is InChI=1S/C13H14N2O3S2/c1-9-7-8-12(19-9)13(16)14-10-5-3-4-6-11(10)15-20(2,17)18/h3-8,15H,1-2H3,(H,14,16). The number of hydrogen-bond donors (Lipinski definition) is 2. The lowest BCUT2D eigenvalue weighted by Crippen LogP contribution is -2.15. The van der Waals surface area contributed by atoms with Crippen molar-refractivity contribution < 1.29 is 13.2 Å². The second kappa shape index (κ2) is 5.64. The van der Waals surface area contributed by atoms with Crippen LogP contribution in [0.15, 0.2) is 36.4 Å². The second-order valence-corrected chi connectivity index (χ2v) is 7.32. The highest BCUT2D eigenvalue weighted by Gasteiger charge is 2.12. The highest BCUT2D eigenvalue weighted by molar-refractivity contribution is 7.92. The molecule has 106 valence electrons. The average molecular weight is 310 g/mol. The Labute approximate surface area is 121 Å². The van der Waals surface area contributed by atoms with E-state index in [1.807, 2.05) is 13.0 Å². The molecule has 0 radical (unpaired) electrons. The van der Waals surface area contributed by atoms with Gasteiger partial charge in [-0.05, 0) is 31.2 Å². The number of hydrogen-bond acceptors (Lipinski definition) is 4. The van der Waals surface area contributed by atoms with Crippen molar-refractivity contribution in [2.75, 3.05) is 16.3 Å². The number of aryl methyl sites for hydroxylation is 1. The van der Waals surface area contributed by atoms with Crippen LogP contribution in [0.4, 0.5) is 11.4 Å². The van der Waals surface area contributed by atoms with Gasteiger partial charge in [-0.1, -0.05) is 12.1 Å². The van der Waals surface area contributed by atoms with E-state index >= 15 is 0 Å². The van der Waals surface area contributed by atoms with Gasteiger partial charge in [0.2, 0.25) is 10.0 Å². The molecule has 0 fully saturated rings. The molecule has 0 saturated carbocycles. The number of rotatable bonds is 4. The number of nitrogens with one attached hydrogen (secondary N) is 2. The molecule has 0 atom stereocenters. The summed E-state index contributed by atoms with van der Waals surface area (Å²) in [5.41, 5.74) is 0.769. The normalized spacial score (nSPS) is 11.1. The zero-order valence-electron chi connectivity index (χ0n) is 11.0. The average Bonchev–Trinajstić information content (AvgIpc) is 2.77. The van der Waals surface area contributed by atoms with Gasteiger partial charge in [-0.3, -0.25) is 9.52 Å². The van der Waals surface area contributed by atoms with Crippen molar-refractivity contribution in [2.24, 2.45) is 0 Å². The lowest BCUT2D eigenvalue weighted by Gasteiger charge is -2.11. The molecule has 5 nitrogen and oxygen atoms in total. The molecule has 0 saturated heterocycles. The minimum absolute atomic E-state index is 0.258. The molecule has 0 aliphatic rings. The van der Waals surface area contributed by atoms with Gasteiger partial charge >= 0.3 is 0 Å². The predicted octanol–water partition coefficient (Wildman–Crippen LogP) is 2.68. The van der Waals surface area contributed by atoms with E-state index in [0.29, 0.717) is 16.3 Å². The third kappa shape index (κ3) is 3.82. The number of sulfonamides is 1. The lowest BCUT2D eigenvalue weighted by molar-refractivity contribution is 0.103. The highest BCUT2D eigenvalue weighted by atomic mass is 32.2. The van der Waals surface area contributed by atoms with Gasteiger partial charge < -0.3 is 5.32 Å². The van der Waals surface area contributed by atoms with E-state index in [2.05, 4.69) is 10.0 Å². The molecule has 0 bridgehead atoms. The Bertz CT molecular complexity index is 736. The van der Waals surface area contributed by atoms with Crippen LogP contribution in [0.3, 0.4) is 0 Å². The molecular weight excluding hydrogens is 296 g/mol. The molecule has 20 heavy (non-hydrogen) atoms. The molecule has 0 unspecified atom stereocenters. The number of thiophene rings is 1. The summed E-state index contributed by atoms with van der Waals surface area (Å²) in [4.78, 5) is 13.7. The smallest absolute Gasteiger partial charge is 0.265 e. The maximum absolute atomic E-state index is 12.1. The first kappa shape index (κ1) is 14.5. The molecular formula is C13H14N2O3S2. The van der Waals surface area contributed by atoms with Crippen LogP contribution in [-0.2, 0) is 10.0 Å². The Morgan fingerprint density at radius 2 is 1.75 bits per heavy atom. The molecule has 2 rings (SSSR count). The van der Waals surface area contributed by atoms with Crippen molar-refractivity contribution in [2.45, 2.75) is 6.92 Å². The molecule has 0 spiro atoms. The number of carbonyl (C=O) groups is 1. The molecule has 0 aliphatic heterocycles. The fraction of sp³-hybridized carbons (Fsp3) is 0.154. The van der Waals surface area contributed by atoms with Crippen LogP contribution in [0.1, 0.15) is 14.5 Å². The quantitative estimate of drug-likeness (QED) is 0.911. The molecule has 2 aromatic rings. The van der Waals surface area contributed by atoms with Gasteiger partial charge in [-0.15, -0.1) is 11.3 Å². The first-order valence-electron chi connectivity index (χ1n) is 5.80. The van der Waals surface area contributed by atoms with E-state index in [0.717, 1.165) is 11.1 Å². The molecule has 1 heterocycles. The first-order valence-corrected chi connectivity index (χ1v) is 8.50. The van der Waals surface area contributed by atoms with E-state index in [9.17, 15) is 13.2 Å². The van der Waals surface area contributed by atoms with Gasteiger partial charge in [0.15, 0.2) is 0 Å². The third-order valence-electron chi connectivity index (χ3n) is 2.43. The summed E-state index contributed by atoms with van der Waals surface area (Å²) in [5, 5.41) is 2.71. The summed E-state index contributed by atoms with van der Waals surface area (Å²) < 4.78 is 25.0. The summed E-state index contributed by atoms with van der Waals surface area (Å²) in [6, 6.07) is 10.3.